The number of amides is 1. The molecule has 0 aliphatic carbocycles. The maximum atomic E-state index is 12.1. The van der Waals surface area contributed by atoms with Crippen molar-refractivity contribution in [1.29, 1.82) is 0 Å². The molecule has 106 valence electrons. The molecule has 1 rings (SSSR count). The van der Waals surface area contributed by atoms with E-state index in [4.69, 9.17) is 4.74 Å². The third-order valence-corrected chi connectivity index (χ3v) is 3.00. The van der Waals surface area contributed by atoms with Gasteiger partial charge >= 0.3 is 12.1 Å². The van der Waals surface area contributed by atoms with Gasteiger partial charge in [0.05, 0.1) is 20.8 Å². The molecule has 0 aliphatic heterocycles. The predicted molar refractivity (Wildman–Crippen MR) is 67.8 cm³/mol. The van der Waals surface area contributed by atoms with E-state index in [1.54, 1.807) is 24.6 Å². The highest BCUT2D eigenvalue weighted by atomic mass is 16.5. The van der Waals surface area contributed by atoms with E-state index >= 15 is 0 Å². The lowest BCUT2D eigenvalue weighted by Crippen LogP contribution is -2.50. The van der Waals surface area contributed by atoms with Crippen molar-refractivity contribution in [2.24, 2.45) is 0 Å². The van der Waals surface area contributed by atoms with Crippen LogP contribution in [0.2, 0.25) is 0 Å². The number of carbonyl (C=O) groups excluding carboxylic acids is 2. The number of alkyl carbamates (subject to hydrolysis) is 1. The van der Waals surface area contributed by atoms with Crippen molar-refractivity contribution >= 4 is 12.1 Å². The number of hydrogen-bond acceptors (Lipinski definition) is 5. The fourth-order valence-corrected chi connectivity index (χ4v) is 2.08. The summed E-state index contributed by atoms with van der Waals surface area (Å²) in [6, 6.07) is 0. The lowest BCUT2D eigenvalue weighted by Gasteiger charge is -2.30. The van der Waals surface area contributed by atoms with Gasteiger partial charge in [-0.15, -0.1) is 0 Å². The Morgan fingerprint density at radius 3 is 2.42 bits per heavy atom. The van der Waals surface area contributed by atoms with Crippen molar-refractivity contribution in [2.75, 3.05) is 20.8 Å². The maximum Gasteiger partial charge on any atom is 0.406 e. The van der Waals surface area contributed by atoms with E-state index in [0.717, 1.165) is 5.69 Å². The molecule has 0 saturated heterocycles. The second kappa shape index (κ2) is 5.73. The third kappa shape index (κ3) is 2.86. The molecule has 0 unspecified atom stereocenters. The Labute approximate surface area is 111 Å². The topological polar surface area (TPSA) is 82.5 Å². The van der Waals surface area contributed by atoms with Gasteiger partial charge in [-0.2, -0.15) is 0 Å². The Morgan fingerprint density at radius 2 is 2.00 bits per heavy atom. The van der Waals surface area contributed by atoms with Crippen molar-refractivity contribution in [3.8, 4) is 0 Å². The van der Waals surface area contributed by atoms with Crippen LogP contribution >= 0.6 is 0 Å². The number of aromatic nitrogens is 2. The summed E-state index contributed by atoms with van der Waals surface area (Å²) < 4.78 is 11.1. The smallest absolute Gasteiger partial charge is 0.406 e. The molecule has 1 N–H and O–H groups in total. The molecule has 0 aromatic carbocycles. The summed E-state index contributed by atoms with van der Waals surface area (Å²) in [5.74, 6) is 0.199. The van der Waals surface area contributed by atoms with Gasteiger partial charge in [-0.05, 0) is 20.8 Å². The summed E-state index contributed by atoms with van der Waals surface area (Å²) in [4.78, 5) is 27.4. The van der Waals surface area contributed by atoms with Gasteiger partial charge in [0.25, 0.3) is 0 Å². The molecule has 1 aromatic heterocycles. The van der Waals surface area contributed by atoms with Gasteiger partial charge in [0, 0.05) is 11.9 Å². The maximum absolute atomic E-state index is 12.1. The van der Waals surface area contributed by atoms with Gasteiger partial charge < -0.3 is 19.4 Å². The highest BCUT2D eigenvalue weighted by Gasteiger charge is 2.39. The Bertz CT molecular complexity index is 464. The summed E-state index contributed by atoms with van der Waals surface area (Å²) in [5, 5.41) is 2.52. The van der Waals surface area contributed by atoms with Crippen molar-refractivity contribution in [2.45, 2.75) is 26.3 Å². The van der Waals surface area contributed by atoms with Gasteiger partial charge in [-0.3, -0.25) is 0 Å². The average molecular weight is 269 g/mol. The van der Waals surface area contributed by atoms with Gasteiger partial charge in [-0.25, -0.2) is 14.6 Å². The van der Waals surface area contributed by atoms with Crippen molar-refractivity contribution in [3.05, 3.63) is 17.7 Å². The predicted octanol–water partition coefficient (Wildman–Crippen LogP) is 0.744. The number of aryl methyl sites for hydroxylation is 2. The van der Waals surface area contributed by atoms with Crippen LogP contribution in [-0.4, -0.2) is 42.4 Å². The van der Waals surface area contributed by atoms with Crippen molar-refractivity contribution in [3.63, 3.8) is 0 Å². The zero-order chi connectivity index (χ0) is 14.6. The molecule has 0 fully saturated rings. The fourth-order valence-electron chi connectivity index (χ4n) is 2.08. The molecule has 0 bridgehead atoms. The number of nitrogens with one attached hydrogen (secondary N) is 1. The first-order chi connectivity index (χ1) is 8.86. The number of ether oxygens (including phenoxy) is 2. The largest absolute Gasteiger partial charge is 0.467 e. The molecule has 7 nitrogen and oxygen atoms in total. The Balaban J connectivity index is 3.13. The molecular weight excluding hydrogens is 250 g/mol. The summed E-state index contributed by atoms with van der Waals surface area (Å²) in [6.45, 7) is 5.34. The van der Waals surface area contributed by atoms with Gasteiger partial charge in [0.1, 0.15) is 5.82 Å². The van der Waals surface area contributed by atoms with Crippen molar-refractivity contribution in [1.82, 2.24) is 14.9 Å². The molecule has 0 aliphatic rings. The lowest BCUT2D eigenvalue weighted by molar-refractivity contribution is -0.150. The Morgan fingerprint density at radius 1 is 1.37 bits per heavy atom. The van der Waals surface area contributed by atoms with E-state index in [0.29, 0.717) is 5.82 Å². The minimum Gasteiger partial charge on any atom is -0.467 e. The molecule has 0 spiro atoms. The van der Waals surface area contributed by atoms with Crippen LogP contribution in [-0.2, 0) is 19.8 Å². The van der Waals surface area contributed by atoms with E-state index < -0.39 is 17.6 Å². The normalized spacial score (nSPS) is 13.5. The highest BCUT2D eigenvalue weighted by molar-refractivity contribution is 5.80. The van der Waals surface area contributed by atoms with Crippen LogP contribution in [0.4, 0.5) is 4.79 Å². The van der Waals surface area contributed by atoms with Crippen LogP contribution in [0, 0.1) is 13.8 Å². The number of hydrogen-bond donors (Lipinski definition) is 1. The quantitative estimate of drug-likeness (QED) is 0.815. The van der Waals surface area contributed by atoms with Gasteiger partial charge in [0.2, 0.25) is 0 Å². The second-order valence-electron chi connectivity index (χ2n) is 4.39. The first kappa shape index (κ1) is 15.0. The summed E-state index contributed by atoms with van der Waals surface area (Å²) in [7, 11) is 2.57. The molecule has 1 heterocycles. The zero-order valence-corrected chi connectivity index (χ0v) is 11.8. The van der Waals surface area contributed by atoms with E-state index in [1.165, 1.54) is 14.2 Å². The number of nitrogens with zero attached hydrogens (tertiary/aromatic N) is 2. The molecule has 0 radical (unpaired) electrons. The van der Waals surface area contributed by atoms with Gasteiger partial charge in [0.15, 0.2) is 5.54 Å². The van der Waals surface area contributed by atoms with Crippen LogP contribution in [0.15, 0.2) is 6.20 Å². The van der Waals surface area contributed by atoms with E-state index in [2.05, 4.69) is 15.0 Å². The molecule has 1 atom stereocenters. The minimum atomic E-state index is -1.08. The molecule has 0 saturated carbocycles. The molecule has 1 aromatic rings. The Hall–Kier alpha value is -2.05. The fraction of sp³-hybridized carbons (Fsp3) is 0.583. The van der Waals surface area contributed by atoms with E-state index in [9.17, 15) is 9.59 Å². The molecule has 7 heteroatoms. The van der Waals surface area contributed by atoms with Crippen LogP contribution in [0.25, 0.3) is 0 Å². The second-order valence-corrected chi connectivity index (χ2v) is 4.39. The number of carbonyl (C=O) groups is 2. The molecule has 19 heavy (non-hydrogen) atoms. The number of esters is 1. The summed E-state index contributed by atoms with van der Waals surface area (Å²) >= 11 is 0. The number of methoxy groups -OCH3 is 2. The Kier molecular flexibility index (Phi) is 4.52. The minimum absolute atomic E-state index is 0.0460. The van der Waals surface area contributed by atoms with Crippen LogP contribution in [0.1, 0.15) is 18.4 Å². The average Bonchev–Trinajstić information content (AvgIpc) is 2.74. The molecular formula is C12H19N3O4. The van der Waals surface area contributed by atoms with Gasteiger partial charge in [-0.1, -0.05) is 0 Å². The van der Waals surface area contributed by atoms with E-state index in [-0.39, 0.29) is 6.54 Å². The standard InChI is InChI=1S/C12H19N3O4/c1-8-6-13-9(2)15(8)12(3,10(16)18-4)7-14-11(17)19-5/h6H,7H2,1-5H3,(H,14,17)/t12-/m0/s1. The number of imidazole rings is 1. The van der Waals surface area contributed by atoms with Crippen LogP contribution in [0.5, 0.6) is 0 Å². The summed E-state index contributed by atoms with van der Waals surface area (Å²) in [5.41, 5.74) is -0.273. The third-order valence-electron chi connectivity index (χ3n) is 3.00. The first-order valence-electron chi connectivity index (χ1n) is 5.78. The monoisotopic (exact) mass is 269 g/mol. The highest BCUT2D eigenvalue weighted by Crippen LogP contribution is 2.22. The zero-order valence-electron chi connectivity index (χ0n) is 11.8. The molecule has 1 amide bonds. The van der Waals surface area contributed by atoms with Crippen LogP contribution in [0.3, 0.4) is 0 Å². The van der Waals surface area contributed by atoms with E-state index in [1.807, 2.05) is 6.92 Å². The SMILES string of the molecule is COC(=O)NC[C@@](C)(C(=O)OC)n1c(C)cnc1C. The van der Waals surface area contributed by atoms with Crippen LogP contribution < -0.4 is 5.32 Å². The number of rotatable bonds is 4. The van der Waals surface area contributed by atoms with Crippen molar-refractivity contribution < 1.29 is 19.1 Å². The lowest BCUT2D eigenvalue weighted by atomic mass is 10.0. The first-order valence-corrected chi connectivity index (χ1v) is 5.78. The summed E-state index contributed by atoms with van der Waals surface area (Å²) in [6.07, 6.45) is 1.06.